The van der Waals surface area contributed by atoms with Crippen molar-refractivity contribution in [3.63, 3.8) is 0 Å². The average molecular weight is 657 g/mol. The smallest absolute Gasteiger partial charge is 0.271 e. The number of thiazole rings is 1. The predicted octanol–water partition coefficient (Wildman–Crippen LogP) is 5.73. The summed E-state index contributed by atoms with van der Waals surface area (Å²) in [6.07, 6.45) is 1.79. The number of hydrogen-bond donors (Lipinski definition) is 1. The Morgan fingerprint density at radius 2 is 1.75 bits per heavy atom. The molecule has 0 aliphatic carbocycles. The van der Waals surface area contributed by atoms with Gasteiger partial charge >= 0.3 is 0 Å². The van der Waals surface area contributed by atoms with E-state index < -0.39 is 6.04 Å². The molecule has 0 fully saturated rings. The number of rotatable bonds is 10. The Bertz CT molecular complexity index is 2230. The molecule has 0 bridgehead atoms. The molecule has 1 aliphatic rings. The number of para-hydroxylation sites is 1. The van der Waals surface area contributed by atoms with E-state index >= 15 is 0 Å². The third-order valence-corrected chi connectivity index (χ3v) is 8.80. The quantitative estimate of drug-likeness (QED) is 0.205. The highest BCUT2D eigenvalue weighted by molar-refractivity contribution is 7.07. The lowest BCUT2D eigenvalue weighted by atomic mass is 9.95. The molecule has 0 saturated carbocycles. The molecule has 1 aliphatic heterocycles. The zero-order valence-electron chi connectivity index (χ0n) is 26.6. The number of nitrogens with zero attached hydrogens (tertiary/aromatic N) is 3. The molecule has 0 saturated heterocycles. The number of benzene rings is 4. The summed E-state index contributed by atoms with van der Waals surface area (Å²) in [5.74, 6) is 1.36. The number of carbonyl (C=O) groups excluding carboxylic acids is 1. The molecule has 4 aromatic carbocycles. The molecular weight excluding hydrogens is 625 g/mol. The molecule has 9 nitrogen and oxygen atoms in total. The number of anilines is 1. The van der Waals surface area contributed by atoms with E-state index in [0.29, 0.717) is 55.7 Å². The van der Waals surface area contributed by atoms with Gasteiger partial charge in [-0.1, -0.05) is 65.9 Å². The minimum Gasteiger partial charge on any atom is -0.497 e. The molecule has 48 heavy (non-hydrogen) atoms. The average Bonchev–Trinajstić information content (AvgIpc) is 3.41. The molecule has 5 aromatic rings. The zero-order valence-corrected chi connectivity index (χ0v) is 27.4. The van der Waals surface area contributed by atoms with Crippen LogP contribution in [0.15, 0.2) is 118 Å². The third-order valence-electron chi connectivity index (χ3n) is 7.82. The highest BCUT2D eigenvalue weighted by Gasteiger charge is 2.32. The predicted molar refractivity (Wildman–Crippen MR) is 185 cm³/mol. The summed E-state index contributed by atoms with van der Waals surface area (Å²) in [6, 6.07) is 30.7. The first-order chi connectivity index (χ1) is 23.4. The third kappa shape index (κ3) is 6.63. The van der Waals surface area contributed by atoms with Crippen LogP contribution in [-0.2, 0) is 11.4 Å². The SMILES string of the molecule is CCOc1cc(/C=c2/sc3n(c2=O)[C@@H](c2ccc(OC)cc2)C(C(=O)Nc2ccccc2)=C(C)N=3)ccc1OCc1ccccc1C#N. The molecule has 240 valence electrons. The van der Waals surface area contributed by atoms with Crippen LogP contribution < -0.4 is 34.4 Å². The van der Waals surface area contributed by atoms with E-state index in [1.165, 1.54) is 11.3 Å². The van der Waals surface area contributed by atoms with Crippen LogP contribution >= 0.6 is 11.3 Å². The number of amides is 1. The fourth-order valence-corrected chi connectivity index (χ4v) is 6.54. The monoisotopic (exact) mass is 656 g/mol. The van der Waals surface area contributed by atoms with Gasteiger partial charge in [0.05, 0.1) is 47.2 Å². The molecule has 0 radical (unpaired) electrons. The number of hydrogen-bond acceptors (Lipinski definition) is 8. The van der Waals surface area contributed by atoms with E-state index in [2.05, 4.69) is 11.4 Å². The van der Waals surface area contributed by atoms with Gasteiger partial charge in [0.15, 0.2) is 16.3 Å². The molecule has 0 spiro atoms. The second-order valence-corrected chi connectivity index (χ2v) is 11.9. The van der Waals surface area contributed by atoms with Crippen molar-refractivity contribution < 1.29 is 19.0 Å². The minimum absolute atomic E-state index is 0.201. The molecule has 6 rings (SSSR count). The number of methoxy groups -OCH3 is 1. The maximum Gasteiger partial charge on any atom is 0.271 e. The number of nitrogens with one attached hydrogen (secondary N) is 1. The van der Waals surface area contributed by atoms with E-state index in [1.807, 2.05) is 91.9 Å². The Labute approximate surface area is 281 Å². The topological polar surface area (TPSA) is 115 Å². The Balaban J connectivity index is 1.39. The number of fused-ring (bicyclic) bond motifs is 1. The van der Waals surface area contributed by atoms with Gasteiger partial charge in [-0.25, -0.2) is 4.99 Å². The molecule has 1 amide bonds. The first-order valence-electron chi connectivity index (χ1n) is 15.3. The van der Waals surface area contributed by atoms with Crippen LogP contribution in [-0.4, -0.2) is 24.2 Å². The van der Waals surface area contributed by atoms with Crippen LogP contribution in [0, 0.1) is 11.3 Å². The van der Waals surface area contributed by atoms with E-state index in [1.54, 1.807) is 36.8 Å². The van der Waals surface area contributed by atoms with Crippen molar-refractivity contribution in [2.24, 2.45) is 4.99 Å². The molecule has 1 N–H and O–H groups in total. The van der Waals surface area contributed by atoms with E-state index in [4.69, 9.17) is 19.2 Å². The highest BCUT2D eigenvalue weighted by Crippen LogP contribution is 2.32. The largest absolute Gasteiger partial charge is 0.497 e. The summed E-state index contributed by atoms with van der Waals surface area (Å²) < 4.78 is 19.4. The molecule has 10 heteroatoms. The maximum absolute atomic E-state index is 14.2. The first-order valence-corrected chi connectivity index (χ1v) is 16.1. The molecule has 1 atom stereocenters. The van der Waals surface area contributed by atoms with Crippen molar-refractivity contribution >= 4 is 29.0 Å². The summed E-state index contributed by atoms with van der Waals surface area (Å²) in [4.78, 5) is 33.2. The number of ether oxygens (including phenoxy) is 3. The van der Waals surface area contributed by atoms with E-state index in [9.17, 15) is 14.9 Å². The van der Waals surface area contributed by atoms with Crippen LogP contribution in [0.25, 0.3) is 6.08 Å². The van der Waals surface area contributed by atoms with Crippen LogP contribution in [0.5, 0.6) is 17.2 Å². The van der Waals surface area contributed by atoms with Gasteiger partial charge in [-0.2, -0.15) is 5.26 Å². The van der Waals surface area contributed by atoms with Gasteiger partial charge < -0.3 is 19.5 Å². The van der Waals surface area contributed by atoms with Crippen molar-refractivity contribution in [3.05, 3.63) is 150 Å². The molecule has 2 heterocycles. The fourth-order valence-electron chi connectivity index (χ4n) is 5.50. The van der Waals surface area contributed by atoms with Crippen molar-refractivity contribution in [2.75, 3.05) is 19.0 Å². The van der Waals surface area contributed by atoms with Crippen molar-refractivity contribution in [1.29, 1.82) is 5.26 Å². The van der Waals surface area contributed by atoms with Crippen molar-refractivity contribution in [2.45, 2.75) is 26.5 Å². The number of nitriles is 1. The van der Waals surface area contributed by atoms with Crippen molar-refractivity contribution in [3.8, 4) is 23.3 Å². The lowest BCUT2D eigenvalue weighted by Gasteiger charge is -2.25. The molecular formula is C38H32N4O5S. The van der Waals surface area contributed by atoms with Crippen LogP contribution in [0.1, 0.15) is 42.1 Å². The number of allylic oxidation sites excluding steroid dienone is 1. The number of carbonyl (C=O) groups is 1. The van der Waals surface area contributed by atoms with Gasteiger partial charge in [0.25, 0.3) is 11.5 Å². The van der Waals surface area contributed by atoms with Gasteiger partial charge in [-0.15, -0.1) is 0 Å². The standard InChI is InChI=1S/C38H32N4O5S/c1-4-46-32-20-25(14-19-31(32)47-23-28-11-9-8-10-27(28)22-39)21-33-37(44)42-35(26-15-17-30(45-3)18-16-26)34(24(2)40-38(42)48-33)36(43)41-29-12-6-5-7-13-29/h5-21,35H,4,23H2,1-3H3,(H,41,43)/b33-21+/t35-/m0/s1. The minimum atomic E-state index is -0.718. The van der Waals surface area contributed by atoms with E-state index in [-0.39, 0.29) is 18.1 Å². The highest BCUT2D eigenvalue weighted by atomic mass is 32.1. The lowest BCUT2D eigenvalue weighted by molar-refractivity contribution is -0.113. The fraction of sp³-hybridized carbons (Fsp3) is 0.158. The summed E-state index contributed by atoms with van der Waals surface area (Å²) in [5, 5.41) is 12.4. The van der Waals surface area contributed by atoms with Gasteiger partial charge in [-0.3, -0.25) is 14.2 Å². The normalized spacial score (nSPS) is 14.0. The first kappa shape index (κ1) is 32.0. The Kier molecular flexibility index (Phi) is 9.50. The Hall–Kier alpha value is -5.92. The second kappa shape index (κ2) is 14.2. The molecule has 0 unspecified atom stereocenters. The zero-order chi connectivity index (χ0) is 33.6. The summed E-state index contributed by atoms with van der Waals surface area (Å²) in [6.45, 7) is 4.28. The maximum atomic E-state index is 14.2. The van der Waals surface area contributed by atoms with Crippen LogP contribution in [0.3, 0.4) is 0 Å². The molecule has 1 aromatic heterocycles. The van der Waals surface area contributed by atoms with E-state index in [0.717, 1.165) is 16.7 Å². The van der Waals surface area contributed by atoms with Gasteiger partial charge in [-0.05, 0) is 73.5 Å². The summed E-state index contributed by atoms with van der Waals surface area (Å²) in [7, 11) is 1.59. The van der Waals surface area contributed by atoms with Gasteiger partial charge in [0, 0.05) is 11.3 Å². The second-order valence-electron chi connectivity index (χ2n) is 10.9. The van der Waals surface area contributed by atoms with Gasteiger partial charge in [0.2, 0.25) is 0 Å². The lowest BCUT2D eigenvalue weighted by Crippen LogP contribution is -2.40. The number of aromatic nitrogens is 1. The van der Waals surface area contributed by atoms with Crippen LogP contribution in [0.2, 0.25) is 0 Å². The van der Waals surface area contributed by atoms with Gasteiger partial charge in [0.1, 0.15) is 12.4 Å². The van der Waals surface area contributed by atoms with Crippen LogP contribution in [0.4, 0.5) is 5.69 Å². The Morgan fingerprint density at radius 1 is 1.00 bits per heavy atom. The van der Waals surface area contributed by atoms with Crippen molar-refractivity contribution in [1.82, 2.24) is 4.57 Å². The summed E-state index contributed by atoms with van der Waals surface area (Å²) in [5.41, 5.74) is 4.05. The Morgan fingerprint density at radius 3 is 2.48 bits per heavy atom. The summed E-state index contributed by atoms with van der Waals surface area (Å²) >= 11 is 1.25.